The highest BCUT2D eigenvalue weighted by Crippen LogP contribution is 2.04. The van der Waals surface area contributed by atoms with Crippen LogP contribution in [0.4, 0.5) is 0 Å². The zero-order chi connectivity index (χ0) is 10.6. The van der Waals surface area contributed by atoms with Crippen LogP contribution in [0.1, 0.15) is 5.56 Å². The van der Waals surface area contributed by atoms with E-state index in [2.05, 4.69) is 4.98 Å². The lowest BCUT2D eigenvalue weighted by molar-refractivity contribution is -0.134. The lowest BCUT2D eigenvalue weighted by Crippen LogP contribution is -2.16. The van der Waals surface area contributed by atoms with Gasteiger partial charge in [0.05, 0.1) is 5.75 Å². The Morgan fingerprint density at radius 2 is 2.21 bits per heavy atom. The van der Waals surface area contributed by atoms with Crippen molar-refractivity contribution in [2.75, 3.05) is 5.75 Å². The average Bonchev–Trinajstić information content (AvgIpc) is 2.02. The number of nitrogens with zero attached hydrogens (tertiary/aromatic N) is 1. The third-order valence-electron chi connectivity index (χ3n) is 1.45. The second-order valence-corrected chi connectivity index (χ2v) is 4.85. The fourth-order valence-electron chi connectivity index (χ4n) is 0.977. The normalized spacial score (nSPS) is 11.1. The first-order chi connectivity index (χ1) is 6.49. The van der Waals surface area contributed by atoms with E-state index in [1.165, 1.54) is 12.4 Å². The number of hydrogen-bond acceptors (Lipinski definition) is 4. The standard InChI is InChI=1S/C8H9NO4S/c10-8(11)6-14(12,13)5-7-2-1-3-9-4-7/h1-4H,5-6H2,(H,10,11). The molecule has 0 atom stereocenters. The summed E-state index contributed by atoms with van der Waals surface area (Å²) >= 11 is 0. The molecule has 5 nitrogen and oxygen atoms in total. The molecule has 76 valence electrons. The van der Waals surface area contributed by atoms with Crippen molar-refractivity contribution in [3.8, 4) is 0 Å². The van der Waals surface area contributed by atoms with Crippen molar-refractivity contribution in [3.63, 3.8) is 0 Å². The molecule has 1 rings (SSSR count). The van der Waals surface area contributed by atoms with E-state index in [1.54, 1.807) is 12.1 Å². The summed E-state index contributed by atoms with van der Waals surface area (Å²) in [6.45, 7) is 0. The van der Waals surface area contributed by atoms with Crippen LogP contribution in [0.25, 0.3) is 0 Å². The predicted octanol–water partition coefficient (Wildman–Crippen LogP) is 0.0810. The Balaban J connectivity index is 2.74. The van der Waals surface area contributed by atoms with Crippen LogP contribution in [0, 0.1) is 0 Å². The Bertz CT molecular complexity index is 412. The number of rotatable bonds is 4. The molecule has 0 unspecified atom stereocenters. The largest absolute Gasteiger partial charge is 0.480 e. The highest BCUT2D eigenvalue weighted by molar-refractivity contribution is 7.91. The molecular formula is C8H9NO4S. The zero-order valence-electron chi connectivity index (χ0n) is 7.25. The van der Waals surface area contributed by atoms with Crippen molar-refractivity contribution < 1.29 is 18.3 Å². The van der Waals surface area contributed by atoms with Gasteiger partial charge in [0.2, 0.25) is 0 Å². The minimum Gasteiger partial charge on any atom is -0.480 e. The van der Waals surface area contributed by atoms with Gasteiger partial charge < -0.3 is 5.11 Å². The Morgan fingerprint density at radius 3 is 2.71 bits per heavy atom. The molecule has 0 saturated carbocycles. The van der Waals surface area contributed by atoms with Crippen molar-refractivity contribution >= 4 is 15.8 Å². The molecule has 0 saturated heterocycles. The number of hydrogen-bond donors (Lipinski definition) is 1. The van der Waals surface area contributed by atoms with Gasteiger partial charge in [-0.1, -0.05) is 6.07 Å². The van der Waals surface area contributed by atoms with Crippen LogP contribution >= 0.6 is 0 Å². The van der Waals surface area contributed by atoms with Crippen LogP contribution in [0.3, 0.4) is 0 Å². The van der Waals surface area contributed by atoms with Gasteiger partial charge in [-0.3, -0.25) is 9.78 Å². The predicted molar refractivity (Wildman–Crippen MR) is 49.4 cm³/mol. The molecule has 0 bridgehead atoms. The van der Waals surface area contributed by atoms with E-state index < -0.39 is 21.6 Å². The Kier molecular flexibility index (Phi) is 3.19. The maximum absolute atomic E-state index is 11.2. The number of aromatic nitrogens is 1. The van der Waals surface area contributed by atoms with Gasteiger partial charge in [0.15, 0.2) is 9.84 Å². The SMILES string of the molecule is O=C(O)CS(=O)(=O)Cc1cccnc1. The van der Waals surface area contributed by atoms with Gasteiger partial charge in [-0.2, -0.15) is 0 Å². The number of carbonyl (C=O) groups is 1. The van der Waals surface area contributed by atoms with E-state index in [4.69, 9.17) is 5.11 Å². The monoisotopic (exact) mass is 215 g/mol. The van der Waals surface area contributed by atoms with Crippen LogP contribution in [0.15, 0.2) is 24.5 Å². The summed E-state index contributed by atoms with van der Waals surface area (Å²) in [5.41, 5.74) is 0.494. The molecule has 0 spiro atoms. The molecule has 0 aliphatic heterocycles. The number of sulfone groups is 1. The maximum atomic E-state index is 11.2. The molecule has 0 fully saturated rings. The molecule has 0 aliphatic rings. The second kappa shape index (κ2) is 4.19. The lowest BCUT2D eigenvalue weighted by Gasteiger charge is -2.00. The van der Waals surface area contributed by atoms with Crippen LogP contribution in [-0.2, 0) is 20.4 Å². The lowest BCUT2D eigenvalue weighted by atomic mass is 10.3. The van der Waals surface area contributed by atoms with Crippen LogP contribution in [0.5, 0.6) is 0 Å². The minimum absolute atomic E-state index is 0.285. The summed E-state index contributed by atoms with van der Waals surface area (Å²) in [6, 6.07) is 3.19. The fourth-order valence-corrected chi connectivity index (χ4v) is 2.13. The van der Waals surface area contributed by atoms with Gasteiger partial charge in [0, 0.05) is 12.4 Å². The summed E-state index contributed by atoms with van der Waals surface area (Å²) < 4.78 is 22.4. The average molecular weight is 215 g/mol. The molecule has 0 amide bonds. The van der Waals surface area contributed by atoms with Gasteiger partial charge in [-0.05, 0) is 11.6 Å². The highest BCUT2D eigenvalue weighted by atomic mass is 32.2. The first-order valence-corrected chi connectivity index (χ1v) is 5.63. The van der Waals surface area contributed by atoms with Gasteiger partial charge in [-0.25, -0.2) is 8.42 Å². The quantitative estimate of drug-likeness (QED) is 0.768. The number of carboxylic acids is 1. The van der Waals surface area contributed by atoms with Crippen molar-refractivity contribution in [2.45, 2.75) is 5.75 Å². The van der Waals surface area contributed by atoms with E-state index >= 15 is 0 Å². The van der Waals surface area contributed by atoms with Crippen LogP contribution in [-0.4, -0.2) is 30.2 Å². The third kappa shape index (κ3) is 3.53. The van der Waals surface area contributed by atoms with Crippen molar-refractivity contribution in [2.24, 2.45) is 0 Å². The summed E-state index contributed by atoms with van der Waals surface area (Å²) in [4.78, 5) is 13.9. The summed E-state index contributed by atoms with van der Waals surface area (Å²) in [6.07, 6.45) is 2.92. The van der Waals surface area contributed by atoms with Crippen molar-refractivity contribution in [3.05, 3.63) is 30.1 Å². The molecule has 0 radical (unpaired) electrons. The Labute approximate surface area is 81.3 Å². The molecule has 1 aromatic heterocycles. The highest BCUT2D eigenvalue weighted by Gasteiger charge is 2.16. The van der Waals surface area contributed by atoms with Crippen molar-refractivity contribution in [1.29, 1.82) is 0 Å². The van der Waals surface area contributed by atoms with E-state index in [-0.39, 0.29) is 5.75 Å². The summed E-state index contributed by atoms with van der Waals surface area (Å²) in [5, 5.41) is 8.33. The van der Waals surface area contributed by atoms with Crippen molar-refractivity contribution in [1.82, 2.24) is 4.98 Å². The molecular weight excluding hydrogens is 206 g/mol. The van der Waals surface area contributed by atoms with Crippen LogP contribution < -0.4 is 0 Å². The van der Waals surface area contributed by atoms with Gasteiger partial charge >= 0.3 is 5.97 Å². The van der Waals surface area contributed by atoms with Gasteiger partial charge in [0.25, 0.3) is 0 Å². The molecule has 6 heteroatoms. The van der Waals surface area contributed by atoms with E-state index in [9.17, 15) is 13.2 Å². The molecule has 14 heavy (non-hydrogen) atoms. The summed E-state index contributed by atoms with van der Waals surface area (Å²) in [7, 11) is -3.57. The first-order valence-electron chi connectivity index (χ1n) is 3.81. The molecule has 0 aromatic carbocycles. The van der Waals surface area contributed by atoms with E-state index in [0.29, 0.717) is 5.56 Å². The number of carboxylic acid groups (broad SMARTS) is 1. The minimum atomic E-state index is -3.57. The number of aliphatic carboxylic acids is 1. The fraction of sp³-hybridized carbons (Fsp3) is 0.250. The molecule has 1 N–H and O–H groups in total. The molecule has 0 aliphatic carbocycles. The first kappa shape index (κ1) is 10.6. The maximum Gasteiger partial charge on any atom is 0.318 e. The smallest absolute Gasteiger partial charge is 0.318 e. The Morgan fingerprint density at radius 1 is 1.50 bits per heavy atom. The van der Waals surface area contributed by atoms with Crippen LogP contribution in [0.2, 0.25) is 0 Å². The van der Waals surface area contributed by atoms with E-state index in [1.807, 2.05) is 0 Å². The van der Waals surface area contributed by atoms with E-state index in [0.717, 1.165) is 0 Å². The van der Waals surface area contributed by atoms with Gasteiger partial charge in [0.1, 0.15) is 5.75 Å². The molecule has 1 heterocycles. The summed E-state index contributed by atoms with van der Waals surface area (Å²) in [5.74, 6) is -2.47. The Hall–Kier alpha value is -1.43. The zero-order valence-corrected chi connectivity index (χ0v) is 8.07. The number of pyridine rings is 1. The molecule has 1 aromatic rings. The van der Waals surface area contributed by atoms with Gasteiger partial charge in [-0.15, -0.1) is 0 Å². The second-order valence-electron chi connectivity index (χ2n) is 2.79. The topological polar surface area (TPSA) is 84.3 Å². The third-order valence-corrected chi connectivity index (χ3v) is 2.91.